The van der Waals surface area contributed by atoms with Crippen LogP contribution in [0.2, 0.25) is 0 Å². The van der Waals surface area contributed by atoms with E-state index < -0.39 is 12.0 Å². The van der Waals surface area contributed by atoms with E-state index in [-0.39, 0.29) is 18.2 Å². The van der Waals surface area contributed by atoms with Gasteiger partial charge in [0.1, 0.15) is 10.9 Å². The average Bonchev–Trinajstić information content (AvgIpc) is 2.99. The summed E-state index contributed by atoms with van der Waals surface area (Å²) in [6, 6.07) is 1.10. The van der Waals surface area contributed by atoms with Crippen LogP contribution in [0.5, 0.6) is 0 Å². The van der Waals surface area contributed by atoms with Gasteiger partial charge in [-0.2, -0.15) is 0 Å². The average molecular weight is 296 g/mol. The maximum absolute atomic E-state index is 12.1. The predicted octanol–water partition coefficient (Wildman–Crippen LogP) is 1.48. The van der Waals surface area contributed by atoms with Crippen LogP contribution >= 0.6 is 11.3 Å². The minimum atomic E-state index is -0.605. The second-order valence-corrected chi connectivity index (χ2v) is 5.36. The Bertz CT molecular complexity index is 540. The number of ether oxygens (including phenoxy) is 1. The molecule has 0 spiro atoms. The first-order chi connectivity index (χ1) is 9.58. The first kappa shape index (κ1) is 14.5. The molecule has 1 fully saturated rings. The van der Waals surface area contributed by atoms with Crippen LogP contribution in [-0.4, -0.2) is 42.4 Å². The third-order valence-electron chi connectivity index (χ3n) is 3.06. The molecule has 0 saturated carbocycles. The largest absolute Gasteiger partial charge is 0.465 e. The molecule has 2 heterocycles. The van der Waals surface area contributed by atoms with Crippen molar-refractivity contribution < 1.29 is 19.1 Å². The van der Waals surface area contributed by atoms with E-state index in [0.29, 0.717) is 17.1 Å². The maximum Gasteiger partial charge on any atom is 0.350 e. The van der Waals surface area contributed by atoms with Gasteiger partial charge in [0.2, 0.25) is 5.91 Å². The van der Waals surface area contributed by atoms with Gasteiger partial charge in [0.25, 0.3) is 5.91 Å². The number of amides is 2. The number of likely N-dealkylation sites (tertiary alicyclic amines) is 1. The second kappa shape index (κ2) is 6.04. The number of rotatable bonds is 5. The van der Waals surface area contributed by atoms with Crippen molar-refractivity contribution in [2.45, 2.75) is 25.8 Å². The number of imide groups is 1. The Morgan fingerprint density at radius 1 is 1.55 bits per heavy atom. The van der Waals surface area contributed by atoms with Gasteiger partial charge in [0.05, 0.1) is 19.2 Å². The molecular weight excluding hydrogens is 280 g/mol. The molecule has 0 aliphatic carbocycles. The van der Waals surface area contributed by atoms with Crippen LogP contribution in [0, 0.1) is 0 Å². The van der Waals surface area contributed by atoms with Crippen LogP contribution < -0.4 is 5.32 Å². The molecule has 6 nitrogen and oxygen atoms in total. The van der Waals surface area contributed by atoms with E-state index in [1.165, 1.54) is 23.3 Å². The predicted molar refractivity (Wildman–Crippen MR) is 74.7 cm³/mol. The normalized spacial score (nSPS) is 18.5. The molecule has 1 aliphatic rings. The number of nitrogens with one attached hydrogen (secondary N) is 1. The summed E-state index contributed by atoms with van der Waals surface area (Å²) in [4.78, 5) is 37.1. The van der Waals surface area contributed by atoms with E-state index in [4.69, 9.17) is 0 Å². The summed E-state index contributed by atoms with van der Waals surface area (Å²) in [7, 11) is 1.30. The summed E-state index contributed by atoms with van der Waals surface area (Å²) < 4.78 is 4.68. The fourth-order valence-corrected chi connectivity index (χ4v) is 2.89. The number of hydrogen-bond acceptors (Lipinski definition) is 6. The molecule has 2 amide bonds. The number of nitrogens with zero attached hydrogens (tertiary/aromatic N) is 1. The third kappa shape index (κ3) is 2.67. The molecule has 2 rings (SSSR count). The van der Waals surface area contributed by atoms with E-state index in [9.17, 15) is 14.4 Å². The molecule has 1 unspecified atom stereocenters. The van der Waals surface area contributed by atoms with E-state index in [1.807, 2.05) is 6.92 Å². The molecule has 7 heteroatoms. The molecule has 1 aromatic rings. The van der Waals surface area contributed by atoms with Crippen molar-refractivity contribution in [2.24, 2.45) is 0 Å². The summed E-state index contributed by atoms with van der Waals surface area (Å²) in [5.74, 6) is -0.868. The topological polar surface area (TPSA) is 75.7 Å². The number of methoxy groups -OCH3 is 1. The third-order valence-corrected chi connectivity index (χ3v) is 3.95. The minimum Gasteiger partial charge on any atom is -0.465 e. The zero-order chi connectivity index (χ0) is 14.7. The van der Waals surface area contributed by atoms with Crippen molar-refractivity contribution in [1.29, 1.82) is 0 Å². The van der Waals surface area contributed by atoms with Gasteiger partial charge >= 0.3 is 5.97 Å². The van der Waals surface area contributed by atoms with Crippen LogP contribution in [0.1, 0.15) is 29.4 Å². The quantitative estimate of drug-likeness (QED) is 0.658. The lowest BCUT2D eigenvalue weighted by Gasteiger charge is -2.15. The number of carbonyl (C=O) groups is 3. The molecular formula is C13H16N2O4S. The standard InChI is InChI=1S/C13H16N2O4S/c1-3-5-15-10(16)7-9(12(15)17)14-8-4-6-20-11(8)13(18)19-2/h4,6,9,14H,3,5,7H2,1-2H3. The van der Waals surface area contributed by atoms with Crippen LogP contribution in [0.15, 0.2) is 11.4 Å². The fourth-order valence-electron chi connectivity index (χ4n) is 2.12. The highest BCUT2D eigenvalue weighted by Crippen LogP contribution is 2.26. The molecule has 1 aromatic heterocycles. The summed E-state index contributed by atoms with van der Waals surface area (Å²) in [6.07, 6.45) is 0.853. The maximum atomic E-state index is 12.1. The van der Waals surface area contributed by atoms with E-state index >= 15 is 0 Å². The summed E-state index contributed by atoms with van der Waals surface area (Å²) in [5.41, 5.74) is 0.534. The number of esters is 1. The Labute approximate surface area is 120 Å². The van der Waals surface area contributed by atoms with E-state index in [1.54, 1.807) is 11.4 Å². The Hall–Kier alpha value is -1.89. The second-order valence-electron chi connectivity index (χ2n) is 4.44. The van der Waals surface area contributed by atoms with E-state index in [2.05, 4.69) is 10.1 Å². The lowest BCUT2D eigenvalue weighted by Crippen LogP contribution is -2.35. The Morgan fingerprint density at radius 2 is 2.30 bits per heavy atom. The summed E-state index contributed by atoms with van der Waals surface area (Å²) >= 11 is 1.23. The summed E-state index contributed by atoms with van der Waals surface area (Å²) in [5, 5.41) is 4.71. The van der Waals surface area contributed by atoms with Crippen LogP contribution in [0.25, 0.3) is 0 Å². The Kier molecular flexibility index (Phi) is 4.39. The molecule has 1 N–H and O–H groups in total. The van der Waals surface area contributed by atoms with Gasteiger partial charge < -0.3 is 10.1 Å². The molecule has 1 saturated heterocycles. The molecule has 0 aromatic carbocycles. The lowest BCUT2D eigenvalue weighted by molar-refractivity contribution is -0.138. The first-order valence-corrected chi connectivity index (χ1v) is 7.23. The highest BCUT2D eigenvalue weighted by atomic mass is 32.1. The highest BCUT2D eigenvalue weighted by Gasteiger charge is 2.38. The van der Waals surface area contributed by atoms with Crippen molar-refractivity contribution in [3.8, 4) is 0 Å². The Balaban J connectivity index is 2.12. The van der Waals surface area contributed by atoms with Gasteiger partial charge in [-0.3, -0.25) is 14.5 Å². The number of thiophene rings is 1. The van der Waals surface area contributed by atoms with Crippen LogP contribution in [0.3, 0.4) is 0 Å². The molecule has 20 heavy (non-hydrogen) atoms. The van der Waals surface area contributed by atoms with Crippen molar-refractivity contribution in [1.82, 2.24) is 4.90 Å². The zero-order valence-corrected chi connectivity index (χ0v) is 12.2. The summed E-state index contributed by atoms with van der Waals surface area (Å²) in [6.45, 7) is 2.35. The van der Waals surface area contributed by atoms with Crippen molar-refractivity contribution >= 4 is 34.8 Å². The van der Waals surface area contributed by atoms with Gasteiger partial charge in [-0.1, -0.05) is 6.92 Å². The van der Waals surface area contributed by atoms with Crippen molar-refractivity contribution in [3.05, 3.63) is 16.3 Å². The highest BCUT2D eigenvalue weighted by molar-refractivity contribution is 7.12. The minimum absolute atomic E-state index is 0.120. The van der Waals surface area contributed by atoms with E-state index in [0.717, 1.165) is 6.42 Å². The van der Waals surface area contributed by atoms with Crippen molar-refractivity contribution in [3.63, 3.8) is 0 Å². The number of hydrogen-bond donors (Lipinski definition) is 1. The monoisotopic (exact) mass is 296 g/mol. The molecule has 1 aliphatic heterocycles. The van der Waals surface area contributed by atoms with Gasteiger partial charge in [-0.15, -0.1) is 11.3 Å². The Morgan fingerprint density at radius 3 is 2.95 bits per heavy atom. The van der Waals surface area contributed by atoms with Crippen LogP contribution in [0.4, 0.5) is 5.69 Å². The lowest BCUT2D eigenvalue weighted by atomic mass is 10.2. The fraction of sp³-hybridized carbons (Fsp3) is 0.462. The van der Waals surface area contributed by atoms with Crippen LogP contribution in [-0.2, 0) is 14.3 Å². The molecule has 0 bridgehead atoms. The molecule has 108 valence electrons. The van der Waals surface area contributed by atoms with Gasteiger partial charge in [-0.25, -0.2) is 4.79 Å². The number of anilines is 1. The first-order valence-electron chi connectivity index (χ1n) is 6.35. The number of carbonyl (C=O) groups excluding carboxylic acids is 3. The van der Waals surface area contributed by atoms with Crippen molar-refractivity contribution in [2.75, 3.05) is 19.0 Å². The molecule has 0 radical (unpaired) electrons. The zero-order valence-electron chi connectivity index (χ0n) is 11.3. The van der Waals surface area contributed by atoms with Gasteiger partial charge in [-0.05, 0) is 17.9 Å². The van der Waals surface area contributed by atoms with Gasteiger partial charge in [0, 0.05) is 6.54 Å². The van der Waals surface area contributed by atoms with Gasteiger partial charge in [0.15, 0.2) is 0 Å². The molecule has 1 atom stereocenters. The smallest absolute Gasteiger partial charge is 0.350 e. The SMILES string of the molecule is CCCN1C(=O)CC(Nc2ccsc2C(=O)OC)C1=O.